The minimum Gasteiger partial charge on any atom is -0.464 e. The molecule has 3 heterocycles. The molecule has 0 aromatic carbocycles. The maximum absolute atomic E-state index is 13.6. The number of cyclic esters (lactones) is 1. The summed E-state index contributed by atoms with van der Waals surface area (Å²) in [4.78, 5) is 107. The molecule has 47 heavy (non-hydrogen) atoms. The van der Waals surface area contributed by atoms with Gasteiger partial charge >= 0.3 is 12.0 Å². The normalized spacial score (nSPS) is 21.6. The Labute approximate surface area is 271 Å². The number of ketones is 1. The zero-order valence-electron chi connectivity index (χ0n) is 26.4. The number of carbonyl (C=O) groups excluding carboxylic acids is 8. The van der Waals surface area contributed by atoms with Crippen LogP contribution in [0.5, 0.6) is 0 Å². The molecule has 0 aliphatic carbocycles. The highest BCUT2D eigenvalue weighted by Crippen LogP contribution is 2.20. The number of urea groups is 1. The number of amides is 7. The van der Waals surface area contributed by atoms with Crippen molar-refractivity contribution in [2.24, 2.45) is 22.4 Å². The summed E-state index contributed by atoms with van der Waals surface area (Å²) < 4.78 is 4.92. The second kappa shape index (κ2) is 17.8. The van der Waals surface area contributed by atoms with Crippen LogP contribution in [-0.4, -0.2) is 146 Å². The summed E-state index contributed by atoms with van der Waals surface area (Å²) in [6.07, 6.45) is 1.95. The van der Waals surface area contributed by atoms with Crippen LogP contribution in [0.15, 0.2) is 4.99 Å². The number of ether oxygens (including phenoxy) is 1. The van der Waals surface area contributed by atoms with Gasteiger partial charge in [-0.1, -0.05) is 0 Å². The highest BCUT2D eigenvalue weighted by atomic mass is 16.5. The maximum Gasteiger partial charge on any atom is 0.328 e. The van der Waals surface area contributed by atoms with E-state index in [1.807, 2.05) is 4.90 Å². The molecule has 0 saturated carbocycles. The van der Waals surface area contributed by atoms with E-state index in [1.54, 1.807) is 6.92 Å². The molecule has 8 N–H and O–H groups in total. The number of hydrogen-bond acceptors (Lipinski definition) is 11. The van der Waals surface area contributed by atoms with Crippen molar-refractivity contribution in [1.29, 1.82) is 0 Å². The van der Waals surface area contributed by atoms with Gasteiger partial charge in [-0.2, -0.15) is 0 Å². The number of Topliss-reactive ketones (excluding diaryl/α,β-unsaturated/α-hetero) is 1. The molecule has 0 aromatic heterocycles. The predicted octanol–water partition coefficient (Wildman–Crippen LogP) is -4.25. The number of nitrogens with two attached hydrogens (primary N) is 2. The molecule has 5 atom stereocenters. The molecule has 19 nitrogen and oxygen atoms in total. The van der Waals surface area contributed by atoms with Gasteiger partial charge in [0, 0.05) is 64.6 Å². The first-order chi connectivity index (χ1) is 22.5. The molecule has 3 aliphatic rings. The van der Waals surface area contributed by atoms with Crippen molar-refractivity contribution in [2.75, 3.05) is 52.4 Å². The van der Waals surface area contributed by atoms with Crippen LogP contribution in [-0.2, 0) is 38.3 Å². The van der Waals surface area contributed by atoms with Crippen LogP contribution in [0.25, 0.3) is 0 Å². The first-order valence-corrected chi connectivity index (χ1v) is 15.5. The van der Waals surface area contributed by atoms with Gasteiger partial charge in [-0.15, -0.1) is 0 Å². The summed E-state index contributed by atoms with van der Waals surface area (Å²) in [5.74, 6) is -3.17. The van der Waals surface area contributed by atoms with Gasteiger partial charge in [-0.25, -0.2) is 14.5 Å². The van der Waals surface area contributed by atoms with Crippen molar-refractivity contribution in [3.8, 4) is 0 Å². The van der Waals surface area contributed by atoms with Crippen LogP contribution in [0.4, 0.5) is 4.79 Å². The lowest BCUT2D eigenvalue weighted by atomic mass is 9.92. The number of hydrogen-bond donors (Lipinski definition) is 6. The molecule has 0 bridgehead atoms. The largest absolute Gasteiger partial charge is 0.464 e. The molecular weight excluding hydrogens is 620 g/mol. The fourth-order valence-corrected chi connectivity index (χ4v) is 5.72. The average molecular weight is 665 g/mol. The molecule has 3 aliphatic heterocycles. The highest BCUT2D eigenvalue weighted by Gasteiger charge is 2.46. The first kappa shape index (κ1) is 36.7. The number of nitrogens with zero attached hydrogens (tertiary/aromatic N) is 4. The Morgan fingerprint density at radius 1 is 1.09 bits per heavy atom. The first-order valence-electron chi connectivity index (χ1n) is 15.5. The molecule has 7 amide bonds. The van der Waals surface area contributed by atoms with Crippen molar-refractivity contribution < 1.29 is 43.1 Å². The van der Waals surface area contributed by atoms with Crippen molar-refractivity contribution in [3.05, 3.63) is 0 Å². The van der Waals surface area contributed by atoms with Crippen LogP contribution >= 0.6 is 0 Å². The van der Waals surface area contributed by atoms with Crippen molar-refractivity contribution in [1.82, 2.24) is 36.0 Å². The average Bonchev–Trinajstić information content (AvgIpc) is 3.58. The third-order valence-electron chi connectivity index (χ3n) is 8.42. The second-order valence-electron chi connectivity index (χ2n) is 11.5. The van der Waals surface area contributed by atoms with Gasteiger partial charge in [-0.3, -0.25) is 38.7 Å². The standard InChI is InChI=1S/C28H44N10O9/c1-17(22(41)13-18(3-2-6-33-27(29)30)23(42)34-20-5-12-47-26(20)45)36-8-10-37(11-9-36)25(44)21(14-32-16-40)38-24(43)19(35-28(38)46)4-7-31-15-39/h15-21H,2-14H2,1H3,(H,31,39)(H,32,40)(H,34,42)(H,35,46)(H4,29,30,33)/t17-,18+,19+,20?,21-/m0/s1. The number of imide groups is 1. The number of esters is 1. The van der Waals surface area contributed by atoms with Crippen LogP contribution in [0.2, 0.25) is 0 Å². The third-order valence-corrected chi connectivity index (χ3v) is 8.42. The van der Waals surface area contributed by atoms with E-state index in [0.717, 1.165) is 4.90 Å². The predicted molar refractivity (Wildman–Crippen MR) is 164 cm³/mol. The quantitative estimate of drug-likeness (QED) is 0.0191. The molecule has 0 spiro atoms. The summed E-state index contributed by atoms with van der Waals surface area (Å²) in [7, 11) is 0. The lowest BCUT2D eigenvalue weighted by Crippen LogP contribution is -2.60. The fourth-order valence-electron chi connectivity index (χ4n) is 5.72. The number of guanidine groups is 1. The van der Waals surface area contributed by atoms with Gasteiger partial charge in [-0.05, 0) is 26.2 Å². The summed E-state index contributed by atoms with van der Waals surface area (Å²) in [5.41, 5.74) is 10.8. The van der Waals surface area contributed by atoms with Gasteiger partial charge in [0.1, 0.15) is 23.9 Å². The van der Waals surface area contributed by atoms with Crippen LogP contribution in [0.3, 0.4) is 0 Å². The lowest BCUT2D eigenvalue weighted by Gasteiger charge is -2.39. The van der Waals surface area contributed by atoms with Crippen molar-refractivity contribution in [2.45, 2.75) is 63.2 Å². The minimum atomic E-state index is -1.29. The van der Waals surface area contributed by atoms with Gasteiger partial charge in [0.15, 0.2) is 5.96 Å². The Bertz CT molecular complexity index is 1220. The van der Waals surface area contributed by atoms with Crippen LogP contribution in [0, 0.1) is 5.92 Å². The van der Waals surface area contributed by atoms with Crippen LogP contribution < -0.4 is 32.7 Å². The Hall–Kier alpha value is -4.81. The topological polar surface area (TPSA) is 268 Å². The molecule has 260 valence electrons. The molecule has 1 unspecified atom stereocenters. The smallest absolute Gasteiger partial charge is 0.328 e. The van der Waals surface area contributed by atoms with E-state index >= 15 is 0 Å². The third kappa shape index (κ3) is 10.1. The zero-order chi connectivity index (χ0) is 34.5. The molecule has 3 fully saturated rings. The summed E-state index contributed by atoms with van der Waals surface area (Å²) in [6.45, 7) is 2.98. The highest BCUT2D eigenvalue weighted by molar-refractivity contribution is 6.07. The summed E-state index contributed by atoms with van der Waals surface area (Å²) in [6, 6.07) is -4.38. The van der Waals surface area contributed by atoms with Gasteiger partial charge in [0.25, 0.3) is 5.91 Å². The van der Waals surface area contributed by atoms with E-state index in [0.29, 0.717) is 45.2 Å². The maximum atomic E-state index is 13.6. The van der Waals surface area contributed by atoms with E-state index in [2.05, 4.69) is 26.3 Å². The minimum absolute atomic E-state index is 0.0866. The van der Waals surface area contributed by atoms with E-state index < -0.39 is 59.8 Å². The monoisotopic (exact) mass is 664 g/mol. The molecule has 3 saturated heterocycles. The molecular formula is C28H44N10O9. The number of aliphatic imine (C=N–C) groups is 1. The Morgan fingerprint density at radius 3 is 2.40 bits per heavy atom. The second-order valence-corrected chi connectivity index (χ2v) is 11.5. The lowest BCUT2D eigenvalue weighted by molar-refractivity contribution is -0.144. The van der Waals surface area contributed by atoms with E-state index in [9.17, 15) is 38.4 Å². The van der Waals surface area contributed by atoms with Crippen molar-refractivity contribution in [3.63, 3.8) is 0 Å². The van der Waals surface area contributed by atoms with Crippen molar-refractivity contribution >= 4 is 54.3 Å². The van der Waals surface area contributed by atoms with E-state index in [4.69, 9.17) is 16.2 Å². The van der Waals surface area contributed by atoms with Crippen LogP contribution in [0.1, 0.15) is 39.0 Å². The Kier molecular flexibility index (Phi) is 13.9. The Balaban J connectivity index is 1.60. The zero-order valence-corrected chi connectivity index (χ0v) is 26.4. The molecule has 0 aromatic rings. The fraction of sp³-hybridized carbons (Fsp3) is 0.679. The SMILES string of the molecule is C[C@@H](C(=O)C[C@@H](CCCN=C(N)N)C(=O)NC1CCOC1=O)N1CCN(C(=O)[C@H](CNC=O)N2C(=O)N[C@H](CCNC=O)C2=O)CC1. The van der Waals surface area contributed by atoms with Gasteiger partial charge in [0.2, 0.25) is 24.6 Å². The number of carbonyl (C=O) groups is 8. The molecule has 19 heteroatoms. The number of nitrogens with one attached hydrogen (secondary N) is 4. The summed E-state index contributed by atoms with van der Waals surface area (Å²) in [5, 5.41) is 9.98. The van der Waals surface area contributed by atoms with E-state index in [1.165, 1.54) is 4.90 Å². The number of piperazine rings is 1. The number of rotatable bonds is 19. The van der Waals surface area contributed by atoms with Gasteiger partial charge < -0.3 is 42.4 Å². The summed E-state index contributed by atoms with van der Waals surface area (Å²) >= 11 is 0. The van der Waals surface area contributed by atoms with E-state index in [-0.39, 0.29) is 63.9 Å². The molecule has 3 rings (SSSR count). The molecule has 0 radical (unpaired) electrons. The van der Waals surface area contributed by atoms with Gasteiger partial charge in [0.05, 0.1) is 12.6 Å². The Morgan fingerprint density at radius 2 is 1.79 bits per heavy atom.